The van der Waals surface area contributed by atoms with E-state index in [1.54, 1.807) is 0 Å². The van der Waals surface area contributed by atoms with Crippen molar-refractivity contribution in [3.05, 3.63) is 22.8 Å². The molecular formula is C19H28O3. The highest BCUT2D eigenvalue weighted by Gasteiger charge is 2.55. The van der Waals surface area contributed by atoms with Crippen LogP contribution in [0.1, 0.15) is 58.8 Å². The molecule has 0 spiro atoms. The van der Waals surface area contributed by atoms with Crippen LogP contribution in [0, 0.1) is 16.7 Å². The minimum absolute atomic E-state index is 0.0304. The maximum Gasteiger partial charge on any atom is 0.0793 e. The monoisotopic (exact) mass is 304 g/mol. The molecule has 0 heterocycles. The summed E-state index contributed by atoms with van der Waals surface area (Å²) in [5, 5.41) is 31.2. The quantitative estimate of drug-likeness (QED) is 0.603. The molecule has 1 fully saturated rings. The summed E-state index contributed by atoms with van der Waals surface area (Å²) in [5.74, 6) is 0.339. The van der Waals surface area contributed by atoms with Gasteiger partial charge in [-0.3, -0.25) is 0 Å². The number of aliphatic hydroxyl groups is 3. The second kappa shape index (κ2) is 4.68. The average Bonchev–Trinajstić information content (AvgIpc) is 2.77. The molecule has 0 aromatic carbocycles. The van der Waals surface area contributed by atoms with Gasteiger partial charge in [0.15, 0.2) is 0 Å². The summed E-state index contributed by atoms with van der Waals surface area (Å²) in [6.07, 6.45) is 7.34. The number of hydrogen-bond donors (Lipinski definition) is 3. The molecular weight excluding hydrogens is 276 g/mol. The zero-order chi connectivity index (χ0) is 15.7. The van der Waals surface area contributed by atoms with E-state index in [1.165, 1.54) is 16.7 Å². The Hall–Kier alpha value is -0.640. The van der Waals surface area contributed by atoms with Gasteiger partial charge in [-0.25, -0.2) is 0 Å². The molecule has 0 saturated heterocycles. The van der Waals surface area contributed by atoms with Gasteiger partial charge in [0, 0.05) is 10.8 Å². The van der Waals surface area contributed by atoms with Crippen LogP contribution in [0.2, 0.25) is 0 Å². The van der Waals surface area contributed by atoms with Crippen molar-refractivity contribution in [1.82, 2.24) is 0 Å². The SMILES string of the molecule is C[C@]12CC[C@H](O)C=C1C[C@H](O)C1=C2CC[C@]2(C)[C@@H](O)CC[C@@H]12. The van der Waals surface area contributed by atoms with E-state index in [1.807, 2.05) is 6.08 Å². The predicted octanol–water partition coefficient (Wildman–Crippen LogP) is 2.71. The lowest BCUT2D eigenvalue weighted by Crippen LogP contribution is -2.46. The van der Waals surface area contributed by atoms with Gasteiger partial charge in [0.05, 0.1) is 18.3 Å². The van der Waals surface area contributed by atoms with Gasteiger partial charge in [-0.2, -0.15) is 0 Å². The van der Waals surface area contributed by atoms with Crippen LogP contribution < -0.4 is 0 Å². The largest absolute Gasteiger partial charge is 0.393 e. The molecule has 0 unspecified atom stereocenters. The standard InChI is InChI=1S/C19H28O3/c1-18-7-5-12(20)9-11(18)10-15(21)17-13-3-4-16(22)19(13,2)8-6-14(17)18/h9,12-13,15-16,20-22H,3-8,10H2,1-2H3/t12-,13-,15-,16-,18-,19-/m0/s1. The van der Waals surface area contributed by atoms with E-state index in [0.29, 0.717) is 12.3 Å². The number of hydrogen-bond acceptors (Lipinski definition) is 3. The van der Waals surface area contributed by atoms with Crippen molar-refractivity contribution in [2.45, 2.75) is 77.1 Å². The van der Waals surface area contributed by atoms with Crippen LogP contribution in [-0.2, 0) is 0 Å². The predicted molar refractivity (Wildman–Crippen MR) is 85.2 cm³/mol. The van der Waals surface area contributed by atoms with Crippen molar-refractivity contribution in [1.29, 1.82) is 0 Å². The van der Waals surface area contributed by atoms with Crippen LogP contribution >= 0.6 is 0 Å². The van der Waals surface area contributed by atoms with Gasteiger partial charge in [0.25, 0.3) is 0 Å². The summed E-state index contributed by atoms with van der Waals surface area (Å²) in [5.41, 5.74) is 3.90. The molecule has 122 valence electrons. The maximum atomic E-state index is 10.8. The second-order valence-electron chi connectivity index (χ2n) is 8.44. The summed E-state index contributed by atoms with van der Waals surface area (Å²) in [7, 11) is 0. The van der Waals surface area contributed by atoms with Crippen molar-refractivity contribution >= 4 is 0 Å². The maximum absolute atomic E-state index is 10.8. The molecule has 3 N–H and O–H groups in total. The number of allylic oxidation sites excluding steroid dienone is 1. The minimum Gasteiger partial charge on any atom is -0.393 e. The summed E-state index contributed by atoms with van der Waals surface area (Å²) in [6.45, 7) is 4.52. The van der Waals surface area contributed by atoms with Crippen molar-refractivity contribution in [2.75, 3.05) is 0 Å². The molecule has 4 rings (SSSR count). The van der Waals surface area contributed by atoms with Gasteiger partial charge in [-0.15, -0.1) is 0 Å². The first-order chi connectivity index (χ1) is 10.4. The first-order valence-corrected chi connectivity index (χ1v) is 8.85. The third kappa shape index (κ3) is 1.79. The average molecular weight is 304 g/mol. The molecule has 0 aromatic heterocycles. The lowest BCUT2D eigenvalue weighted by molar-refractivity contribution is 0.0211. The van der Waals surface area contributed by atoms with Gasteiger partial charge in [-0.1, -0.05) is 31.1 Å². The first-order valence-electron chi connectivity index (χ1n) is 8.85. The molecule has 0 amide bonds. The van der Waals surface area contributed by atoms with Crippen LogP contribution in [0.4, 0.5) is 0 Å². The molecule has 0 aromatic rings. The molecule has 22 heavy (non-hydrogen) atoms. The Labute approximate surface area is 132 Å². The zero-order valence-electron chi connectivity index (χ0n) is 13.7. The highest BCUT2D eigenvalue weighted by Crippen LogP contribution is 2.62. The fourth-order valence-electron chi connectivity index (χ4n) is 5.90. The molecule has 0 radical (unpaired) electrons. The summed E-state index contributed by atoms with van der Waals surface area (Å²) >= 11 is 0. The minimum atomic E-state index is -0.422. The molecule has 4 aliphatic carbocycles. The molecule has 6 atom stereocenters. The first kappa shape index (κ1) is 14.9. The zero-order valence-corrected chi connectivity index (χ0v) is 13.7. The van der Waals surface area contributed by atoms with E-state index in [0.717, 1.165) is 38.5 Å². The summed E-state index contributed by atoms with van der Waals surface area (Å²) in [4.78, 5) is 0. The van der Waals surface area contributed by atoms with E-state index < -0.39 is 6.10 Å². The van der Waals surface area contributed by atoms with Crippen molar-refractivity contribution < 1.29 is 15.3 Å². The van der Waals surface area contributed by atoms with Gasteiger partial charge in [0.2, 0.25) is 0 Å². The number of fused-ring (bicyclic) bond motifs is 4. The third-order valence-electron chi connectivity index (χ3n) is 7.40. The van der Waals surface area contributed by atoms with Crippen molar-refractivity contribution in [3.8, 4) is 0 Å². The molecule has 0 aliphatic heterocycles. The second-order valence-corrected chi connectivity index (χ2v) is 8.44. The van der Waals surface area contributed by atoms with E-state index >= 15 is 0 Å². The smallest absolute Gasteiger partial charge is 0.0793 e. The molecule has 1 saturated carbocycles. The van der Waals surface area contributed by atoms with Crippen LogP contribution in [0.5, 0.6) is 0 Å². The lowest BCUT2D eigenvalue weighted by atomic mass is 9.53. The van der Waals surface area contributed by atoms with Gasteiger partial charge < -0.3 is 15.3 Å². The Morgan fingerprint density at radius 1 is 1.05 bits per heavy atom. The normalized spacial score (nSPS) is 51.0. The van der Waals surface area contributed by atoms with Crippen LogP contribution in [0.15, 0.2) is 22.8 Å². The van der Waals surface area contributed by atoms with Crippen LogP contribution in [0.25, 0.3) is 0 Å². The molecule has 0 bridgehead atoms. The Bertz CT molecular complexity index is 563. The summed E-state index contributed by atoms with van der Waals surface area (Å²) < 4.78 is 0. The van der Waals surface area contributed by atoms with Crippen molar-refractivity contribution in [3.63, 3.8) is 0 Å². The van der Waals surface area contributed by atoms with Crippen LogP contribution in [-0.4, -0.2) is 33.6 Å². The topological polar surface area (TPSA) is 60.7 Å². The Morgan fingerprint density at radius 3 is 2.59 bits per heavy atom. The van der Waals surface area contributed by atoms with E-state index in [9.17, 15) is 15.3 Å². The van der Waals surface area contributed by atoms with Gasteiger partial charge in [0.1, 0.15) is 0 Å². The fourth-order valence-corrected chi connectivity index (χ4v) is 5.90. The van der Waals surface area contributed by atoms with Crippen LogP contribution in [0.3, 0.4) is 0 Å². The molecule has 3 heteroatoms. The molecule has 4 aliphatic rings. The lowest BCUT2D eigenvalue weighted by Gasteiger charge is -2.52. The van der Waals surface area contributed by atoms with E-state index in [-0.39, 0.29) is 23.0 Å². The van der Waals surface area contributed by atoms with Gasteiger partial charge in [-0.05, 0) is 56.4 Å². The Kier molecular flexibility index (Phi) is 3.18. The van der Waals surface area contributed by atoms with Crippen molar-refractivity contribution in [2.24, 2.45) is 16.7 Å². The fraction of sp³-hybridized carbons (Fsp3) is 0.789. The van der Waals surface area contributed by atoms with E-state index in [2.05, 4.69) is 13.8 Å². The number of rotatable bonds is 0. The van der Waals surface area contributed by atoms with Gasteiger partial charge >= 0.3 is 0 Å². The Morgan fingerprint density at radius 2 is 1.82 bits per heavy atom. The van der Waals surface area contributed by atoms with E-state index in [4.69, 9.17) is 0 Å². The summed E-state index contributed by atoms with van der Waals surface area (Å²) in [6, 6.07) is 0. The highest BCUT2D eigenvalue weighted by atomic mass is 16.3. The highest BCUT2D eigenvalue weighted by molar-refractivity contribution is 5.45. The Balaban J connectivity index is 1.83. The number of aliphatic hydroxyl groups excluding tert-OH is 3. The molecule has 3 nitrogen and oxygen atoms in total. The third-order valence-corrected chi connectivity index (χ3v) is 7.40.